The van der Waals surface area contributed by atoms with E-state index in [4.69, 9.17) is 13.8 Å². The largest absolute Gasteiger partial charge is 0.472 e. The Bertz CT molecular complexity index is 1470. The first kappa shape index (κ1) is 26.0. The molecule has 1 aromatic carbocycles. The summed E-state index contributed by atoms with van der Waals surface area (Å²) < 4.78 is 91.4. The van der Waals surface area contributed by atoms with Crippen molar-refractivity contribution in [2.75, 3.05) is 0 Å². The van der Waals surface area contributed by atoms with Gasteiger partial charge in [-0.25, -0.2) is 9.55 Å². The first-order chi connectivity index (χ1) is 15.6. The lowest BCUT2D eigenvalue weighted by atomic mass is 10.1. The second-order valence-electron chi connectivity index (χ2n) is 6.70. The zero-order chi connectivity index (χ0) is 25.5. The molecule has 2 aromatic rings. The average Bonchev–Trinajstić information content (AvgIpc) is 2.85. The molecule has 0 fully saturated rings. The Balaban J connectivity index is 2.21. The lowest BCUT2D eigenvalue weighted by Gasteiger charge is -2.14. The number of pyridine rings is 1. The standard InChI is InChI=1S/C16H16N3O12PS2/c1-8-15(31-9(2)20)11-6-29-32(21,22)30-7-12(11)16(17-8)19-18-13-5-10(33(23,24)25)3-4-14(13)34(26,27)28/h3-5H,6-7H2,1-2H3,(H,21,22)(H,23,24,25)(H,26,27,28). The molecule has 34 heavy (non-hydrogen) atoms. The number of aromatic nitrogens is 1. The van der Waals surface area contributed by atoms with Gasteiger partial charge in [-0.15, -0.1) is 10.2 Å². The van der Waals surface area contributed by atoms with Crippen LogP contribution in [0.2, 0.25) is 0 Å². The number of aryl methyl sites for hydroxylation is 1. The summed E-state index contributed by atoms with van der Waals surface area (Å²) in [5.74, 6) is -1.09. The molecule has 184 valence electrons. The van der Waals surface area contributed by atoms with Gasteiger partial charge in [-0.2, -0.15) is 16.8 Å². The monoisotopic (exact) mass is 537 g/mol. The van der Waals surface area contributed by atoms with Crippen molar-refractivity contribution in [3.63, 3.8) is 0 Å². The number of hydrogen-bond donors (Lipinski definition) is 3. The number of phosphoric acid groups is 1. The molecule has 15 nitrogen and oxygen atoms in total. The molecule has 1 aliphatic rings. The quantitative estimate of drug-likeness (QED) is 0.215. The SMILES string of the molecule is CC(=O)Oc1c(C)nc(N=Nc2cc(S(=O)(=O)O)ccc2S(=O)(=O)O)c2c1COP(=O)(O)OC2. The summed E-state index contributed by atoms with van der Waals surface area (Å²) in [6, 6.07) is 2.06. The van der Waals surface area contributed by atoms with Crippen LogP contribution in [0.3, 0.4) is 0 Å². The maximum Gasteiger partial charge on any atom is 0.472 e. The number of nitrogens with zero attached hydrogens (tertiary/aromatic N) is 3. The minimum absolute atomic E-state index is 0.00304. The lowest BCUT2D eigenvalue weighted by Crippen LogP contribution is -2.09. The fourth-order valence-corrected chi connectivity index (χ4v) is 4.58. The summed E-state index contributed by atoms with van der Waals surface area (Å²) in [6.07, 6.45) is 0. The Morgan fingerprint density at radius 3 is 2.26 bits per heavy atom. The topological polar surface area (TPSA) is 228 Å². The number of phosphoric ester groups is 1. The molecular formula is C16H16N3O12PS2. The zero-order valence-electron chi connectivity index (χ0n) is 17.3. The number of fused-ring (bicyclic) bond motifs is 1. The molecule has 0 aliphatic carbocycles. The third-order valence-corrected chi connectivity index (χ3v) is 6.92. The van der Waals surface area contributed by atoms with E-state index >= 15 is 0 Å². The van der Waals surface area contributed by atoms with Gasteiger partial charge in [0, 0.05) is 18.1 Å². The number of benzene rings is 1. The molecule has 1 aliphatic heterocycles. The van der Waals surface area contributed by atoms with Gasteiger partial charge >= 0.3 is 13.8 Å². The van der Waals surface area contributed by atoms with E-state index in [0.717, 1.165) is 13.0 Å². The minimum atomic E-state index is -4.89. The minimum Gasteiger partial charge on any atom is -0.424 e. The Kier molecular flexibility index (Phi) is 7.03. The molecule has 0 amide bonds. The molecule has 3 N–H and O–H groups in total. The van der Waals surface area contributed by atoms with Crippen LogP contribution in [-0.4, -0.2) is 41.8 Å². The van der Waals surface area contributed by atoms with Crippen LogP contribution in [0.4, 0.5) is 11.5 Å². The zero-order valence-corrected chi connectivity index (χ0v) is 19.8. The second kappa shape index (κ2) is 9.20. The van der Waals surface area contributed by atoms with Gasteiger partial charge < -0.3 is 9.63 Å². The third kappa shape index (κ3) is 5.89. The van der Waals surface area contributed by atoms with Crippen LogP contribution in [0, 0.1) is 6.92 Å². The fraction of sp³-hybridized carbons (Fsp3) is 0.250. The van der Waals surface area contributed by atoms with E-state index in [1.807, 2.05) is 0 Å². The van der Waals surface area contributed by atoms with Crippen LogP contribution >= 0.6 is 7.82 Å². The van der Waals surface area contributed by atoms with E-state index in [1.165, 1.54) is 6.92 Å². The van der Waals surface area contributed by atoms with E-state index in [0.29, 0.717) is 12.1 Å². The van der Waals surface area contributed by atoms with Crippen molar-refractivity contribution >= 4 is 45.5 Å². The number of esters is 1. The predicted molar refractivity (Wildman–Crippen MR) is 110 cm³/mol. The van der Waals surface area contributed by atoms with E-state index in [-0.39, 0.29) is 28.4 Å². The summed E-state index contributed by atoms with van der Waals surface area (Å²) >= 11 is 0. The third-order valence-electron chi connectivity index (χ3n) is 4.26. The van der Waals surface area contributed by atoms with Crippen molar-refractivity contribution in [1.29, 1.82) is 0 Å². The van der Waals surface area contributed by atoms with E-state index in [2.05, 4.69) is 15.2 Å². The summed E-state index contributed by atoms with van der Waals surface area (Å²) in [5.41, 5.74) is -0.529. The van der Waals surface area contributed by atoms with E-state index in [9.17, 15) is 40.2 Å². The highest BCUT2D eigenvalue weighted by Crippen LogP contribution is 2.50. The van der Waals surface area contributed by atoms with Crippen LogP contribution in [0.25, 0.3) is 0 Å². The van der Waals surface area contributed by atoms with E-state index in [1.54, 1.807) is 0 Å². The highest BCUT2D eigenvalue weighted by molar-refractivity contribution is 7.86. The van der Waals surface area contributed by atoms with Gasteiger partial charge in [0.1, 0.15) is 10.6 Å². The highest BCUT2D eigenvalue weighted by atomic mass is 32.2. The molecule has 1 atom stereocenters. The molecule has 0 bridgehead atoms. The van der Waals surface area contributed by atoms with Gasteiger partial charge in [0.25, 0.3) is 20.2 Å². The summed E-state index contributed by atoms with van der Waals surface area (Å²) in [4.78, 5) is 23.7. The smallest absolute Gasteiger partial charge is 0.424 e. The molecule has 1 unspecified atom stereocenters. The Morgan fingerprint density at radius 1 is 1.09 bits per heavy atom. The molecule has 2 heterocycles. The maximum absolute atomic E-state index is 11.9. The second-order valence-corrected chi connectivity index (χ2v) is 11.0. The molecule has 0 saturated heterocycles. The number of carbonyl (C=O) groups excluding carboxylic acids is 1. The normalized spacial score (nSPS) is 19.0. The van der Waals surface area contributed by atoms with Crippen molar-refractivity contribution in [3.05, 3.63) is 35.0 Å². The summed E-state index contributed by atoms with van der Waals surface area (Å²) in [5, 5.41) is 7.41. The molecule has 1 aromatic heterocycles. The molecule has 0 radical (unpaired) electrons. The highest BCUT2D eigenvalue weighted by Gasteiger charge is 2.31. The lowest BCUT2D eigenvalue weighted by molar-refractivity contribution is -0.132. The summed E-state index contributed by atoms with van der Waals surface area (Å²) in [7, 11) is -14.1. The van der Waals surface area contributed by atoms with Gasteiger partial charge in [0.15, 0.2) is 11.6 Å². The molecule has 0 saturated carbocycles. The first-order valence-electron chi connectivity index (χ1n) is 8.92. The number of rotatable bonds is 5. The van der Waals surface area contributed by atoms with Crippen molar-refractivity contribution in [3.8, 4) is 5.75 Å². The Morgan fingerprint density at radius 2 is 1.71 bits per heavy atom. The van der Waals surface area contributed by atoms with Crippen LogP contribution in [0.1, 0.15) is 23.7 Å². The Hall–Kier alpha value is -2.63. The van der Waals surface area contributed by atoms with Crippen LogP contribution in [0.5, 0.6) is 5.75 Å². The number of azo groups is 1. The molecular weight excluding hydrogens is 521 g/mol. The number of carbonyl (C=O) groups is 1. The Labute approximate surface area is 192 Å². The first-order valence-corrected chi connectivity index (χ1v) is 13.3. The number of ether oxygens (including phenoxy) is 1. The molecule has 18 heteroatoms. The van der Waals surface area contributed by atoms with Gasteiger partial charge in [-0.3, -0.25) is 22.9 Å². The van der Waals surface area contributed by atoms with Gasteiger partial charge in [-0.05, 0) is 25.1 Å². The van der Waals surface area contributed by atoms with Crippen molar-refractivity contribution in [2.45, 2.75) is 36.9 Å². The van der Waals surface area contributed by atoms with Gasteiger partial charge in [-0.1, -0.05) is 0 Å². The van der Waals surface area contributed by atoms with Crippen molar-refractivity contribution < 1.29 is 54.0 Å². The average molecular weight is 537 g/mol. The summed E-state index contributed by atoms with van der Waals surface area (Å²) in [6.45, 7) is 1.37. The predicted octanol–water partition coefficient (Wildman–Crippen LogP) is 2.37. The van der Waals surface area contributed by atoms with Crippen LogP contribution < -0.4 is 4.74 Å². The van der Waals surface area contributed by atoms with Gasteiger partial charge in [0.2, 0.25) is 0 Å². The fourth-order valence-electron chi connectivity index (χ4n) is 2.82. The van der Waals surface area contributed by atoms with E-state index < -0.39 is 62.7 Å². The molecule has 0 spiro atoms. The maximum atomic E-state index is 11.9. The molecule has 3 rings (SSSR count). The van der Waals surface area contributed by atoms with Crippen LogP contribution in [-0.2, 0) is 51.9 Å². The van der Waals surface area contributed by atoms with Gasteiger partial charge in [0.05, 0.1) is 23.8 Å². The number of hydrogen-bond acceptors (Lipinski definition) is 12. The van der Waals surface area contributed by atoms with Crippen LogP contribution in [0.15, 0.2) is 38.2 Å². The van der Waals surface area contributed by atoms with Crippen molar-refractivity contribution in [1.82, 2.24) is 4.98 Å². The van der Waals surface area contributed by atoms with Crippen molar-refractivity contribution in [2.24, 2.45) is 10.2 Å².